The number of hydrogen-bond acceptors (Lipinski definition) is 4. The summed E-state index contributed by atoms with van der Waals surface area (Å²) in [5.41, 5.74) is 5.91. The van der Waals surface area contributed by atoms with Crippen molar-refractivity contribution in [3.8, 4) is 11.1 Å². The van der Waals surface area contributed by atoms with E-state index in [0.717, 1.165) is 27.8 Å². The van der Waals surface area contributed by atoms with Gasteiger partial charge in [-0.2, -0.15) is 0 Å². The number of ether oxygens (including phenoxy) is 1. The summed E-state index contributed by atoms with van der Waals surface area (Å²) in [4.78, 5) is 14.7. The van der Waals surface area contributed by atoms with Crippen LogP contribution in [0.2, 0.25) is 0 Å². The Bertz CT molecular complexity index is 1280. The second-order valence-electron chi connectivity index (χ2n) is 9.71. The molecule has 0 atom stereocenters. The van der Waals surface area contributed by atoms with E-state index in [1.165, 1.54) is 13.0 Å². The van der Waals surface area contributed by atoms with E-state index in [9.17, 15) is 17.7 Å². The Morgan fingerprint density at radius 1 is 1.00 bits per heavy atom. The molecule has 1 amide bonds. The van der Waals surface area contributed by atoms with Gasteiger partial charge < -0.3 is 33.2 Å². The standard InChI is InChI=1S/C28H30BF3N3O2.K/c1-18-20(15-26(29(30,31)32)19(2)27(18)35-13-11-33-12-14-35)16-34-28(36)37-17-25-23-9-5-3-7-21(23)22-8-4-6-10-24(22)25;/h3-10,15,25,33H,11-14,16-17H2,1-2H3,(H,34,36);/q-1;+1. The fourth-order valence-corrected chi connectivity index (χ4v) is 5.68. The van der Waals surface area contributed by atoms with Gasteiger partial charge in [-0.15, -0.1) is 5.46 Å². The summed E-state index contributed by atoms with van der Waals surface area (Å²) in [6.07, 6.45) is -0.648. The largest absolute Gasteiger partial charge is 1.00 e. The summed E-state index contributed by atoms with van der Waals surface area (Å²) >= 11 is 0. The van der Waals surface area contributed by atoms with Crippen LogP contribution >= 0.6 is 0 Å². The molecule has 0 saturated carbocycles. The van der Waals surface area contributed by atoms with Crippen molar-refractivity contribution in [3.63, 3.8) is 0 Å². The molecule has 0 radical (unpaired) electrons. The van der Waals surface area contributed by atoms with Gasteiger partial charge in [0.15, 0.2) is 0 Å². The number of piperazine rings is 1. The SMILES string of the molecule is Cc1c(CNC(=O)OCC2c3ccccc3-c3ccccc32)cc([B-](F)(F)F)c(C)c1N1CCNCC1.[K+]. The van der Waals surface area contributed by atoms with Gasteiger partial charge in [-0.1, -0.05) is 60.2 Å². The number of halogens is 3. The topological polar surface area (TPSA) is 53.6 Å². The Morgan fingerprint density at radius 3 is 2.16 bits per heavy atom. The molecular weight excluding hydrogens is 517 g/mol. The first-order chi connectivity index (χ1) is 17.8. The maximum atomic E-state index is 14.0. The van der Waals surface area contributed by atoms with Gasteiger partial charge in [0.05, 0.1) is 0 Å². The monoisotopic (exact) mass is 547 g/mol. The van der Waals surface area contributed by atoms with Crippen molar-refractivity contribution in [3.05, 3.63) is 82.4 Å². The van der Waals surface area contributed by atoms with Gasteiger partial charge in [0.25, 0.3) is 0 Å². The van der Waals surface area contributed by atoms with Crippen molar-refractivity contribution >= 4 is 24.2 Å². The molecule has 1 saturated heterocycles. The van der Waals surface area contributed by atoms with Crippen molar-refractivity contribution in [1.82, 2.24) is 10.6 Å². The minimum atomic E-state index is -5.20. The minimum absolute atomic E-state index is 0. The van der Waals surface area contributed by atoms with E-state index in [4.69, 9.17) is 4.74 Å². The molecule has 38 heavy (non-hydrogen) atoms. The molecule has 10 heteroatoms. The second kappa shape index (κ2) is 12.1. The zero-order valence-electron chi connectivity index (χ0n) is 22.0. The Kier molecular flexibility index (Phi) is 9.32. The molecule has 3 aromatic rings. The number of nitrogens with one attached hydrogen (secondary N) is 2. The van der Waals surface area contributed by atoms with Crippen molar-refractivity contribution in [2.45, 2.75) is 26.3 Å². The maximum absolute atomic E-state index is 14.0. The van der Waals surface area contributed by atoms with E-state index in [2.05, 4.69) is 22.8 Å². The van der Waals surface area contributed by atoms with Crippen LogP contribution in [0.1, 0.15) is 33.7 Å². The third-order valence-corrected chi connectivity index (χ3v) is 7.51. The average Bonchev–Trinajstić information content (AvgIpc) is 3.20. The second-order valence-corrected chi connectivity index (χ2v) is 9.71. The van der Waals surface area contributed by atoms with E-state index < -0.39 is 18.5 Å². The molecule has 2 aliphatic rings. The Labute approximate surface area is 264 Å². The van der Waals surface area contributed by atoms with Crippen molar-refractivity contribution < 1.29 is 73.9 Å². The Hall–Kier alpha value is -1.82. The van der Waals surface area contributed by atoms with Crippen LogP contribution in [-0.2, 0) is 11.3 Å². The molecule has 0 unspecified atom stereocenters. The van der Waals surface area contributed by atoms with E-state index in [1.54, 1.807) is 0 Å². The Balaban J connectivity index is 0.00000336. The van der Waals surface area contributed by atoms with Gasteiger partial charge in [-0.05, 0) is 47.2 Å². The maximum Gasteiger partial charge on any atom is 1.00 e. The third-order valence-electron chi connectivity index (χ3n) is 7.51. The summed E-state index contributed by atoms with van der Waals surface area (Å²) in [5, 5.41) is 5.93. The molecule has 1 heterocycles. The number of carbonyl (C=O) groups is 1. The number of nitrogens with zero attached hydrogens (tertiary/aromatic N) is 1. The summed E-state index contributed by atoms with van der Waals surface area (Å²) < 4.78 is 47.5. The normalized spacial score (nSPS) is 14.9. The van der Waals surface area contributed by atoms with Crippen molar-refractivity contribution in [1.29, 1.82) is 0 Å². The van der Waals surface area contributed by atoms with Crippen LogP contribution in [0.5, 0.6) is 0 Å². The number of hydrogen-bond donors (Lipinski definition) is 2. The number of carbonyl (C=O) groups excluding carboxylic acids is 1. The summed E-state index contributed by atoms with van der Waals surface area (Å²) in [7, 11) is 0. The van der Waals surface area contributed by atoms with Crippen molar-refractivity contribution in [2.75, 3.05) is 37.7 Å². The van der Waals surface area contributed by atoms with Gasteiger partial charge in [0.2, 0.25) is 0 Å². The first-order valence-electron chi connectivity index (χ1n) is 12.6. The van der Waals surface area contributed by atoms with Crippen LogP contribution in [0.3, 0.4) is 0 Å². The van der Waals surface area contributed by atoms with Crippen LogP contribution in [0, 0.1) is 13.8 Å². The predicted octanol–water partition coefficient (Wildman–Crippen LogP) is 1.81. The van der Waals surface area contributed by atoms with Gasteiger partial charge >= 0.3 is 64.5 Å². The smallest absolute Gasteiger partial charge is 0.449 e. The summed E-state index contributed by atoms with van der Waals surface area (Å²) in [5.74, 6) is -0.0851. The fourth-order valence-electron chi connectivity index (χ4n) is 5.68. The van der Waals surface area contributed by atoms with E-state index in [-0.39, 0.29) is 76.0 Å². The molecule has 1 aliphatic heterocycles. The van der Waals surface area contributed by atoms with Gasteiger partial charge in [-0.25, -0.2) is 4.79 Å². The molecule has 1 aliphatic carbocycles. The molecule has 2 N–H and O–H groups in total. The number of benzene rings is 3. The molecule has 3 aromatic carbocycles. The van der Waals surface area contributed by atoms with Crippen LogP contribution in [0.15, 0.2) is 54.6 Å². The summed E-state index contributed by atoms with van der Waals surface area (Å²) in [6, 6.07) is 17.3. The molecule has 5 nitrogen and oxygen atoms in total. The van der Waals surface area contributed by atoms with Gasteiger partial charge in [-0.3, -0.25) is 0 Å². The number of fused-ring (bicyclic) bond motifs is 3. The van der Waals surface area contributed by atoms with Gasteiger partial charge in [0.1, 0.15) is 6.61 Å². The predicted molar refractivity (Wildman–Crippen MR) is 142 cm³/mol. The molecule has 5 rings (SSSR count). The van der Waals surface area contributed by atoms with Crippen LogP contribution in [-0.4, -0.2) is 45.9 Å². The third kappa shape index (κ3) is 5.85. The van der Waals surface area contributed by atoms with E-state index >= 15 is 0 Å². The van der Waals surface area contributed by atoms with E-state index in [0.29, 0.717) is 37.4 Å². The number of amides is 1. The van der Waals surface area contributed by atoms with Gasteiger partial charge in [0, 0.05) is 44.3 Å². The first kappa shape index (κ1) is 29.2. The first-order valence-corrected chi connectivity index (χ1v) is 12.6. The molecule has 194 valence electrons. The quantitative estimate of drug-likeness (QED) is 0.463. The van der Waals surface area contributed by atoms with Crippen LogP contribution in [0.4, 0.5) is 23.4 Å². The zero-order valence-corrected chi connectivity index (χ0v) is 25.1. The van der Waals surface area contributed by atoms with Crippen molar-refractivity contribution in [2.24, 2.45) is 0 Å². The minimum Gasteiger partial charge on any atom is -0.449 e. The molecular formula is C28H30BF3KN3O2. The fraction of sp³-hybridized carbons (Fsp3) is 0.321. The number of rotatable bonds is 6. The Morgan fingerprint density at radius 2 is 1.58 bits per heavy atom. The zero-order chi connectivity index (χ0) is 26.2. The number of anilines is 1. The summed E-state index contributed by atoms with van der Waals surface area (Å²) in [6.45, 7) is 0.974. The molecule has 0 spiro atoms. The van der Waals surface area contributed by atoms with Crippen LogP contribution in [0.25, 0.3) is 11.1 Å². The number of alkyl carbamates (subject to hydrolysis) is 1. The molecule has 1 fully saturated rings. The average molecular weight is 547 g/mol. The van der Waals surface area contributed by atoms with Crippen LogP contribution < -0.4 is 72.4 Å². The van der Waals surface area contributed by atoms with E-state index in [1.807, 2.05) is 48.2 Å². The molecule has 0 aromatic heterocycles. The molecule has 0 bridgehead atoms.